The first-order chi connectivity index (χ1) is 13.8. The maximum atomic E-state index is 12.4. The molecule has 154 valence electrons. The van der Waals surface area contributed by atoms with Gasteiger partial charge in [-0.2, -0.15) is 0 Å². The van der Waals surface area contributed by atoms with E-state index in [1.807, 2.05) is 0 Å². The third-order valence-electron chi connectivity index (χ3n) is 3.89. The average molecular weight is 404 g/mol. The predicted octanol–water partition coefficient (Wildman–Crippen LogP) is 2.80. The molecule has 0 aliphatic heterocycles. The smallest absolute Gasteiger partial charge is 0.339 e. The molecule has 0 saturated carbocycles. The molecule has 0 aliphatic carbocycles. The normalized spacial score (nSPS) is 11.2. The second-order valence-electron chi connectivity index (χ2n) is 5.78. The topological polar surface area (TPSA) is 126 Å². The number of amides is 1. The molecule has 0 spiro atoms. The fourth-order valence-corrected chi connectivity index (χ4v) is 2.34. The highest BCUT2D eigenvalue weighted by molar-refractivity contribution is 5.98. The summed E-state index contributed by atoms with van der Waals surface area (Å²) in [6, 6.07) is 8.22. The first kappa shape index (κ1) is 21.5. The van der Waals surface area contributed by atoms with Crippen molar-refractivity contribution in [3.63, 3.8) is 0 Å². The van der Waals surface area contributed by atoms with Crippen molar-refractivity contribution in [1.29, 1.82) is 0 Å². The number of anilines is 1. The second-order valence-corrected chi connectivity index (χ2v) is 5.78. The number of carbonyl (C=O) groups excluding carboxylic acids is 2. The quantitative estimate of drug-likeness (QED) is 0.404. The first-order valence-corrected chi connectivity index (χ1v) is 8.36. The van der Waals surface area contributed by atoms with Crippen LogP contribution in [0.5, 0.6) is 17.2 Å². The van der Waals surface area contributed by atoms with Gasteiger partial charge in [-0.1, -0.05) is 0 Å². The molecule has 0 fully saturated rings. The minimum absolute atomic E-state index is 0.101. The van der Waals surface area contributed by atoms with E-state index in [4.69, 9.17) is 18.9 Å². The van der Waals surface area contributed by atoms with Crippen LogP contribution in [0, 0.1) is 10.1 Å². The van der Waals surface area contributed by atoms with Crippen molar-refractivity contribution < 1.29 is 33.5 Å². The molecule has 10 heteroatoms. The van der Waals surface area contributed by atoms with Gasteiger partial charge in [-0.05, 0) is 25.1 Å². The maximum Gasteiger partial charge on any atom is 0.339 e. The van der Waals surface area contributed by atoms with Crippen LogP contribution in [0.15, 0.2) is 36.4 Å². The Labute approximate surface area is 166 Å². The highest BCUT2D eigenvalue weighted by Gasteiger charge is 2.22. The zero-order valence-electron chi connectivity index (χ0n) is 16.3. The number of non-ortho nitro benzene ring substituents is 1. The Morgan fingerprint density at radius 1 is 1.00 bits per heavy atom. The van der Waals surface area contributed by atoms with Crippen LogP contribution in [-0.2, 0) is 9.53 Å². The highest BCUT2D eigenvalue weighted by atomic mass is 16.6. The number of hydrogen-bond donors (Lipinski definition) is 1. The third kappa shape index (κ3) is 5.34. The maximum absolute atomic E-state index is 12.4. The fourth-order valence-electron chi connectivity index (χ4n) is 2.34. The van der Waals surface area contributed by atoms with E-state index in [9.17, 15) is 19.7 Å². The molecular formula is C19H20N2O8. The average Bonchev–Trinajstić information content (AvgIpc) is 2.73. The molecule has 2 aromatic carbocycles. The molecule has 0 aromatic heterocycles. The molecule has 2 rings (SSSR count). The Morgan fingerprint density at radius 2 is 1.62 bits per heavy atom. The Kier molecular flexibility index (Phi) is 6.96. The van der Waals surface area contributed by atoms with E-state index in [0.717, 1.165) is 0 Å². The van der Waals surface area contributed by atoms with Gasteiger partial charge in [0.25, 0.3) is 11.6 Å². The summed E-state index contributed by atoms with van der Waals surface area (Å²) >= 11 is 0. The lowest BCUT2D eigenvalue weighted by Gasteiger charge is -2.15. The summed E-state index contributed by atoms with van der Waals surface area (Å²) in [7, 11) is 4.20. The second kappa shape index (κ2) is 9.40. The van der Waals surface area contributed by atoms with Gasteiger partial charge in [0.1, 0.15) is 17.2 Å². The van der Waals surface area contributed by atoms with Crippen LogP contribution >= 0.6 is 0 Å². The van der Waals surface area contributed by atoms with E-state index in [2.05, 4.69) is 5.32 Å². The zero-order valence-corrected chi connectivity index (χ0v) is 16.3. The van der Waals surface area contributed by atoms with E-state index >= 15 is 0 Å². The van der Waals surface area contributed by atoms with Crippen LogP contribution in [-0.4, -0.2) is 44.2 Å². The molecule has 0 aliphatic rings. The molecule has 0 unspecified atom stereocenters. The lowest BCUT2D eigenvalue weighted by molar-refractivity contribution is -0.384. The van der Waals surface area contributed by atoms with E-state index in [1.165, 1.54) is 58.6 Å². The van der Waals surface area contributed by atoms with E-state index < -0.39 is 22.9 Å². The highest BCUT2D eigenvalue weighted by Crippen LogP contribution is 2.29. The Bertz CT molecular complexity index is 906. The van der Waals surface area contributed by atoms with Gasteiger partial charge in [0, 0.05) is 12.1 Å². The van der Waals surface area contributed by atoms with Crippen LogP contribution < -0.4 is 19.5 Å². The van der Waals surface area contributed by atoms with Gasteiger partial charge < -0.3 is 24.3 Å². The monoisotopic (exact) mass is 404 g/mol. The predicted molar refractivity (Wildman–Crippen MR) is 103 cm³/mol. The van der Waals surface area contributed by atoms with Crippen molar-refractivity contribution in [3.8, 4) is 17.2 Å². The van der Waals surface area contributed by atoms with Gasteiger partial charge in [0.05, 0.1) is 43.6 Å². The van der Waals surface area contributed by atoms with Crippen molar-refractivity contribution in [3.05, 3.63) is 52.1 Å². The first-order valence-electron chi connectivity index (χ1n) is 8.36. The number of methoxy groups -OCH3 is 3. The number of ether oxygens (including phenoxy) is 4. The number of nitrogens with zero attached hydrogens (tertiary/aromatic N) is 1. The SMILES string of the molecule is COc1cc(OC)cc(C(=O)O[C@@H](C)C(=O)Nc2ccc([N+](=O)[O-])cc2OC)c1. The minimum Gasteiger partial charge on any atom is -0.497 e. The Balaban J connectivity index is 2.11. The molecule has 0 saturated heterocycles. The van der Waals surface area contributed by atoms with Crippen LogP contribution in [0.25, 0.3) is 0 Å². The lowest BCUT2D eigenvalue weighted by atomic mass is 10.2. The van der Waals surface area contributed by atoms with Crippen molar-refractivity contribution in [1.82, 2.24) is 0 Å². The van der Waals surface area contributed by atoms with Crippen LogP contribution in [0.2, 0.25) is 0 Å². The van der Waals surface area contributed by atoms with E-state index in [0.29, 0.717) is 11.5 Å². The molecule has 1 N–H and O–H groups in total. The molecule has 29 heavy (non-hydrogen) atoms. The van der Waals surface area contributed by atoms with E-state index in [1.54, 1.807) is 6.07 Å². The van der Waals surface area contributed by atoms with Crippen LogP contribution in [0.3, 0.4) is 0 Å². The summed E-state index contributed by atoms with van der Waals surface area (Å²) in [5.74, 6) is -0.502. The van der Waals surface area contributed by atoms with Gasteiger partial charge >= 0.3 is 5.97 Å². The van der Waals surface area contributed by atoms with Crippen molar-refractivity contribution in [2.45, 2.75) is 13.0 Å². The summed E-state index contributed by atoms with van der Waals surface area (Å²) in [5, 5.41) is 13.4. The number of esters is 1. The molecule has 10 nitrogen and oxygen atoms in total. The van der Waals surface area contributed by atoms with Crippen molar-refractivity contribution in [2.24, 2.45) is 0 Å². The van der Waals surface area contributed by atoms with Gasteiger partial charge in [-0.25, -0.2) is 4.79 Å². The molecule has 1 atom stereocenters. The molecule has 0 heterocycles. The Morgan fingerprint density at radius 3 is 2.14 bits per heavy atom. The molecule has 2 aromatic rings. The van der Waals surface area contributed by atoms with Gasteiger partial charge in [0.2, 0.25) is 0 Å². The summed E-state index contributed by atoms with van der Waals surface area (Å²) in [6.45, 7) is 1.39. The van der Waals surface area contributed by atoms with Crippen LogP contribution in [0.4, 0.5) is 11.4 Å². The summed E-state index contributed by atoms with van der Waals surface area (Å²) in [5.41, 5.74) is 0.161. The number of carbonyl (C=O) groups is 2. The number of rotatable bonds is 8. The van der Waals surface area contributed by atoms with Crippen LogP contribution in [0.1, 0.15) is 17.3 Å². The molecular weight excluding hydrogens is 384 g/mol. The lowest BCUT2D eigenvalue weighted by Crippen LogP contribution is -2.30. The molecule has 0 radical (unpaired) electrons. The van der Waals surface area contributed by atoms with Gasteiger partial charge in [0.15, 0.2) is 6.10 Å². The zero-order chi connectivity index (χ0) is 21.6. The van der Waals surface area contributed by atoms with Crippen molar-refractivity contribution in [2.75, 3.05) is 26.6 Å². The summed E-state index contributed by atoms with van der Waals surface area (Å²) in [6.07, 6.45) is -1.15. The van der Waals surface area contributed by atoms with Gasteiger partial charge in [-0.3, -0.25) is 14.9 Å². The van der Waals surface area contributed by atoms with Crippen molar-refractivity contribution >= 4 is 23.3 Å². The minimum atomic E-state index is -1.15. The van der Waals surface area contributed by atoms with E-state index in [-0.39, 0.29) is 22.7 Å². The fraction of sp³-hybridized carbons (Fsp3) is 0.263. The summed E-state index contributed by atoms with van der Waals surface area (Å²) < 4.78 is 20.5. The number of nitro benzene ring substituents is 1. The molecule has 0 bridgehead atoms. The number of nitrogens with one attached hydrogen (secondary N) is 1. The van der Waals surface area contributed by atoms with Gasteiger partial charge in [-0.15, -0.1) is 0 Å². The number of hydrogen-bond acceptors (Lipinski definition) is 8. The molecule has 1 amide bonds. The Hall–Kier alpha value is -3.82. The third-order valence-corrected chi connectivity index (χ3v) is 3.89. The standard InChI is InChI=1S/C19H20N2O8/c1-11(29-19(23)12-7-14(26-2)10-15(8-12)27-3)18(22)20-16-6-5-13(21(24)25)9-17(16)28-4/h5-11H,1-4H3,(H,20,22)/t11-/m0/s1. The largest absolute Gasteiger partial charge is 0.497 e. The summed E-state index contributed by atoms with van der Waals surface area (Å²) in [4.78, 5) is 35.0. The number of nitro groups is 1. The number of benzene rings is 2.